The second-order valence-electron chi connectivity index (χ2n) is 11.4. The second kappa shape index (κ2) is 9.07. The third-order valence-electron chi connectivity index (χ3n) is 9.38. The minimum atomic E-state index is 0.232. The lowest BCUT2D eigenvalue weighted by Gasteiger charge is -2.53. The van der Waals surface area contributed by atoms with Crippen molar-refractivity contribution in [2.75, 3.05) is 44.2 Å². The molecule has 1 saturated carbocycles. The number of benzene rings is 2. The molecule has 0 amide bonds. The first-order valence-electron chi connectivity index (χ1n) is 13.6. The van der Waals surface area contributed by atoms with Crippen molar-refractivity contribution < 1.29 is 0 Å². The molecule has 3 heteroatoms. The summed E-state index contributed by atoms with van der Waals surface area (Å²) in [5.74, 6) is 2.44. The molecule has 33 heavy (non-hydrogen) atoms. The van der Waals surface area contributed by atoms with E-state index in [1.807, 2.05) is 0 Å². The summed E-state index contributed by atoms with van der Waals surface area (Å²) in [5.41, 5.74) is 6.27. The number of rotatable bonds is 5. The van der Waals surface area contributed by atoms with Crippen molar-refractivity contribution >= 4 is 5.69 Å². The fourth-order valence-corrected chi connectivity index (χ4v) is 7.67. The van der Waals surface area contributed by atoms with Crippen LogP contribution >= 0.6 is 0 Å². The van der Waals surface area contributed by atoms with Gasteiger partial charge in [-0.2, -0.15) is 0 Å². The van der Waals surface area contributed by atoms with E-state index in [-0.39, 0.29) is 5.54 Å². The van der Waals surface area contributed by atoms with Gasteiger partial charge in [0.25, 0.3) is 0 Å². The van der Waals surface area contributed by atoms with Gasteiger partial charge in [0.1, 0.15) is 0 Å². The van der Waals surface area contributed by atoms with Gasteiger partial charge in [-0.25, -0.2) is 0 Å². The molecule has 3 nitrogen and oxygen atoms in total. The molecular weight excluding hydrogens is 402 g/mol. The van der Waals surface area contributed by atoms with E-state index in [0.717, 1.165) is 24.3 Å². The van der Waals surface area contributed by atoms with Crippen LogP contribution in [0.5, 0.6) is 0 Å². The molecule has 2 saturated heterocycles. The zero-order valence-electron chi connectivity index (χ0n) is 20.4. The molecule has 0 aromatic heterocycles. The SMILES string of the molecule is Cc1ccc(N2CC(CN3CCC(C4(C5CCCC5)NCCc5ccccc54)CC3)C2)cc1. The van der Waals surface area contributed by atoms with Crippen LogP contribution in [0.15, 0.2) is 48.5 Å². The summed E-state index contributed by atoms with van der Waals surface area (Å²) < 4.78 is 0. The van der Waals surface area contributed by atoms with Crippen LogP contribution in [0.3, 0.4) is 0 Å². The molecule has 1 N–H and O–H groups in total. The summed E-state index contributed by atoms with van der Waals surface area (Å²) in [5, 5.41) is 4.18. The molecule has 4 aliphatic rings. The number of likely N-dealkylation sites (tertiary alicyclic amines) is 1. The zero-order valence-corrected chi connectivity index (χ0v) is 20.4. The Balaban J connectivity index is 1.10. The van der Waals surface area contributed by atoms with Crippen LogP contribution < -0.4 is 10.2 Å². The molecule has 3 fully saturated rings. The first-order valence-corrected chi connectivity index (χ1v) is 13.6. The van der Waals surface area contributed by atoms with Crippen molar-refractivity contribution in [3.63, 3.8) is 0 Å². The van der Waals surface area contributed by atoms with E-state index in [2.05, 4.69) is 70.6 Å². The predicted molar refractivity (Wildman–Crippen MR) is 138 cm³/mol. The Morgan fingerprint density at radius 2 is 1.58 bits per heavy atom. The van der Waals surface area contributed by atoms with Gasteiger partial charge in [-0.15, -0.1) is 0 Å². The predicted octanol–water partition coefficient (Wildman–Crippen LogP) is 5.37. The quantitative estimate of drug-likeness (QED) is 0.670. The Morgan fingerprint density at radius 1 is 0.879 bits per heavy atom. The molecule has 0 bridgehead atoms. The standard InChI is InChI=1S/C30H41N3/c1-23-10-12-28(13-11-23)33-21-24(22-33)20-32-18-15-27(16-19-32)30(26-7-3-4-8-26)29-9-5-2-6-25(29)14-17-31-30/h2,5-6,9-13,24,26-27,31H,3-4,7-8,14-22H2,1H3. The van der Waals surface area contributed by atoms with Crippen LogP contribution in [0.25, 0.3) is 0 Å². The second-order valence-corrected chi connectivity index (χ2v) is 11.4. The number of fused-ring (bicyclic) bond motifs is 1. The molecule has 1 aliphatic carbocycles. The van der Waals surface area contributed by atoms with Gasteiger partial charge in [0.05, 0.1) is 0 Å². The van der Waals surface area contributed by atoms with Crippen molar-refractivity contribution in [3.8, 4) is 0 Å². The number of anilines is 1. The number of piperidine rings is 1. The van der Waals surface area contributed by atoms with Crippen LogP contribution in [0.2, 0.25) is 0 Å². The third kappa shape index (κ3) is 4.02. The van der Waals surface area contributed by atoms with Crippen LogP contribution in [0.4, 0.5) is 5.69 Å². The van der Waals surface area contributed by atoms with E-state index in [0.29, 0.717) is 0 Å². The van der Waals surface area contributed by atoms with E-state index in [1.165, 1.54) is 88.9 Å². The summed E-state index contributed by atoms with van der Waals surface area (Å²) in [6.45, 7) is 9.63. The lowest BCUT2D eigenvalue weighted by molar-refractivity contribution is 0.0492. The topological polar surface area (TPSA) is 18.5 Å². The van der Waals surface area contributed by atoms with Gasteiger partial charge in [-0.3, -0.25) is 0 Å². The summed E-state index contributed by atoms with van der Waals surface area (Å²) >= 11 is 0. The molecule has 3 heterocycles. The van der Waals surface area contributed by atoms with E-state index in [1.54, 1.807) is 11.1 Å². The Morgan fingerprint density at radius 3 is 2.33 bits per heavy atom. The summed E-state index contributed by atoms with van der Waals surface area (Å²) in [7, 11) is 0. The van der Waals surface area contributed by atoms with Gasteiger partial charge in [0.2, 0.25) is 0 Å². The molecule has 2 aromatic carbocycles. The van der Waals surface area contributed by atoms with Gasteiger partial charge in [-0.05, 0) is 87.2 Å². The number of hydrogen-bond donors (Lipinski definition) is 1. The molecule has 0 spiro atoms. The minimum Gasteiger partial charge on any atom is -0.371 e. The zero-order chi connectivity index (χ0) is 22.3. The number of aryl methyl sites for hydroxylation is 1. The average Bonchev–Trinajstić information content (AvgIpc) is 3.37. The number of hydrogen-bond acceptors (Lipinski definition) is 3. The van der Waals surface area contributed by atoms with Crippen LogP contribution in [0, 0.1) is 24.7 Å². The van der Waals surface area contributed by atoms with Crippen molar-refractivity contribution in [2.45, 2.75) is 57.4 Å². The van der Waals surface area contributed by atoms with E-state index >= 15 is 0 Å². The van der Waals surface area contributed by atoms with Gasteiger partial charge in [0, 0.05) is 43.3 Å². The fourth-order valence-electron chi connectivity index (χ4n) is 7.67. The maximum absolute atomic E-state index is 4.18. The maximum atomic E-state index is 4.18. The van der Waals surface area contributed by atoms with Crippen molar-refractivity contribution in [2.24, 2.45) is 17.8 Å². The molecule has 1 unspecified atom stereocenters. The fraction of sp³-hybridized carbons (Fsp3) is 0.600. The lowest BCUT2D eigenvalue weighted by Crippen LogP contribution is -2.59. The van der Waals surface area contributed by atoms with E-state index < -0.39 is 0 Å². The number of nitrogens with zero attached hydrogens (tertiary/aromatic N) is 2. The molecule has 176 valence electrons. The van der Waals surface area contributed by atoms with Crippen LogP contribution in [-0.2, 0) is 12.0 Å². The summed E-state index contributed by atoms with van der Waals surface area (Å²) in [6.07, 6.45) is 9.58. The summed E-state index contributed by atoms with van der Waals surface area (Å²) in [6, 6.07) is 18.5. The first-order chi connectivity index (χ1) is 16.2. The smallest absolute Gasteiger partial charge is 0.0495 e. The van der Waals surface area contributed by atoms with Gasteiger partial charge in [0.15, 0.2) is 0 Å². The highest BCUT2D eigenvalue weighted by Crippen LogP contribution is 2.50. The van der Waals surface area contributed by atoms with Crippen molar-refractivity contribution in [3.05, 3.63) is 65.2 Å². The minimum absolute atomic E-state index is 0.232. The molecular formula is C30H41N3. The highest BCUT2D eigenvalue weighted by atomic mass is 15.2. The highest BCUT2D eigenvalue weighted by Gasteiger charge is 2.49. The Bertz CT molecular complexity index is 933. The van der Waals surface area contributed by atoms with E-state index in [4.69, 9.17) is 0 Å². The van der Waals surface area contributed by atoms with Crippen molar-refractivity contribution in [1.29, 1.82) is 0 Å². The van der Waals surface area contributed by atoms with Gasteiger partial charge in [-0.1, -0.05) is 54.8 Å². The summed E-state index contributed by atoms with van der Waals surface area (Å²) in [4.78, 5) is 5.33. The normalized spacial score (nSPS) is 27.5. The van der Waals surface area contributed by atoms with Crippen LogP contribution in [0.1, 0.15) is 55.2 Å². The van der Waals surface area contributed by atoms with Crippen LogP contribution in [-0.4, -0.2) is 44.2 Å². The molecule has 0 radical (unpaired) electrons. The molecule has 2 aromatic rings. The first kappa shape index (κ1) is 21.7. The van der Waals surface area contributed by atoms with Gasteiger partial charge < -0.3 is 15.1 Å². The molecule has 6 rings (SSSR count). The number of nitrogens with one attached hydrogen (secondary N) is 1. The van der Waals surface area contributed by atoms with Gasteiger partial charge >= 0.3 is 0 Å². The highest BCUT2D eigenvalue weighted by molar-refractivity contribution is 5.49. The monoisotopic (exact) mass is 443 g/mol. The van der Waals surface area contributed by atoms with E-state index in [9.17, 15) is 0 Å². The van der Waals surface area contributed by atoms with Crippen molar-refractivity contribution in [1.82, 2.24) is 10.2 Å². The Kier molecular flexibility index (Phi) is 5.96. The Hall–Kier alpha value is -1.84. The molecule has 1 atom stereocenters. The molecule has 3 aliphatic heterocycles. The largest absolute Gasteiger partial charge is 0.371 e. The third-order valence-corrected chi connectivity index (χ3v) is 9.38. The lowest BCUT2D eigenvalue weighted by atomic mass is 9.63. The maximum Gasteiger partial charge on any atom is 0.0495 e. The average molecular weight is 444 g/mol. The Labute approximate surface area is 200 Å².